The van der Waals surface area contributed by atoms with E-state index in [1.165, 1.54) is 7.11 Å². The molecule has 0 aromatic heterocycles. The van der Waals surface area contributed by atoms with E-state index in [1.54, 1.807) is 25.3 Å². The van der Waals surface area contributed by atoms with Gasteiger partial charge in [0.1, 0.15) is 6.04 Å². The van der Waals surface area contributed by atoms with Crippen molar-refractivity contribution in [2.75, 3.05) is 34.4 Å². The maximum absolute atomic E-state index is 13.0. The fourth-order valence-corrected chi connectivity index (χ4v) is 4.46. The smallest absolute Gasteiger partial charge is 0.245 e. The molecule has 31 heavy (non-hydrogen) atoms. The molecule has 0 bridgehead atoms. The molecule has 1 unspecified atom stereocenters. The number of piperidine rings is 1. The number of hydrogen-bond donors (Lipinski definition) is 3. The number of likely N-dealkylation sites (tertiary alicyclic amines) is 2. The number of guanidine groups is 1. The zero-order valence-electron chi connectivity index (χ0n) is 18.7. The summed E-state index contributed by atoms with van der Waals surface area (Å²) in [6, 6.07) is 5.13. The van der Waals surface area contributed by atoms with Gasteiger partial charge in [0.05, 0.1) is 20.6 Å². The van der Waals surface area contributed by atoms with Crippen molar-refractivity contribution in [3.63, 3.8) is 0 Å². The van der Waals surface area contributed by atoms with Crippen LogP contribution >= 0.6 is 0 Å². The number of hydrogen-bond acceptors (Lipinski definition) is 6. The molecule has 9 nitrogen and oxygen atoms in total. The Morgan fingerprint density at radius 1 is 1.19 bits per heavy atom. The molecule has 170 valence electrons. The minimum absolute atomic E-state index is 0.0148. The van der Waals surface area contributed by atoms with Crippen molar-refractivity contribution in [1.29, 1.82) is 5.41 Å². The molecular formula is C22H33N5O4. The van der Waals surface area contributed by atoms with Crippen LogP contribution in [0.15, 0.2) is 18.2 Å². The van der Waals surface area contributed by atoms with E-state index in [4.69, 9.17) is 14.9 Å². The van der Waals surface area contributed by atoms with Gasteiger partial charge in [0.2, 0.25) is 11.8 Å². The predicted molar refractivity (Wildman–Crippen MR) is 117 cm³/mol. The fraction of sp³-hybridized carbons (Fsp3) is 0.591. The van der Waals surface area contributed by atoms with Gasteiger partial charge in [0, 0.05) is 12.1 Å². The van der Waals surface area contributed by atoms with E-state index in [0.717, 1.165) is 31.5 Å². The van der Waals surface area contributed by atoms with E-state index in [-0.39, 0.29) is 36.3 Å². The lowest BCUT2D eigenvalue weighted by Gasteiger charge is -2.37. The van der Waals surface area contributed by atoms with Crippen molar-refractivity contribution in [3.05, 3.63) is 23.8 Å². The van der Waals surface area contributed by atoms with Crippen molar-refractivity contribution in [1.82, 2.24) is 20.4 Å². The van der Waals surface area contributed by atoms with Crippen LogP contribution in [0.1, 0.15) is 31.7 Å². The Morgan fingerprint density at radius 2 is 1.87 bits per heavy atom. The van der Waals surface area contributed by atoms with Gasteiger partial charge in [0.15, 0.2) is 17.5 Å². The van der Waals surface area contributed by atoms with Crippen molar-refractivity contribution < 1.29 is 19.1 Å². The normalized spacial score (nSPS) is 22.3. The Hall–Kier alpha value is -2.81. The molecule has 1 aromatic carbocycles. The van der Waals surface area contributed by atoms with E-state index in [9.17, 15) is 9.59 Å². The standard InChI is InChI=1S/C22H33N5O4/c1-14-11-17(21(29)27(14)16-7-9-26(2)10-8-16)24-22(23)25-20(28)13-15-5-6-18(30-3)19(12-15)31-4/h5-6,12,14,16-17H,7-11,13H2,1-4H3,(H3,23,24,25,28)/t14?,17-/m1/s1. The zero-order chi connectivity index (χ0) is 22.5. The highest BCUT2D eigenvalue weighted by Gasteiger charge is 2.41. The number of nitrogens with zero attached hydrogens (tertiary/aromatic N) is 2. The number of amides is 2. The first-order valence-corrected chi connectivity index (χ1v) is 10.7. The minimum Gasteiger partial charge on any atom is -0.493 e. The summed E-state index contributed by atoms with van der Waals surface area (Å²) in [5.41, 5.74) is 0.738. The van der Waals surface area contributed by atoms with Gasteiger partial charge >= 0.3 is 0 Å². The number of nitrogens with one attached hydrogen (secondary N) is 3. The number of carbonyl (C=O) groups is 2. The molecule has 2 aliphatic rings. The quantitative estimate of drug-likeness (QED) is 0.458. The SMILES string of the molecule is COc1ccc(CC(=O)NC(=N)N[C@@H]2CC(C)N(C3CCN(C)CC3)C2=O)cc1OC. The zero-order valence-corrected chi connectivity index (χ0v) is 18.7. The van der Waals surface area contributed by atoms with Gasteiger partial charge in [-0.3, -0.25) is 20.3 Å². The summed E-state index contributed by atoms with van der Waals surface area (Å²) in [6.07, 6.45) is 2.65. The summed E-state index contributed by atoms with van der Waals surface area (Å²) < 4.78 is 10.5. The summed E-state index contributed by atoms with van der Waals surface area (Å²) in [5, 5.41) is 13.6. The first-order chi connectivity index (χ1) is 14.8. The fourth-order valence-electron chi connectivity index (χ4n) is 4.46. The number of ether oxygens (including phenoxy) is 2. The molecular weight excluding hydrogens is 398 g/mol. The van der Waals surface area contributed by atoms with Crippen LogP contribution in [0.25, 0.3) is 0 Å². The van der Waals surface area contributed by atoms with Crippen LogP contribution in [0.5, 0.6) is 11.5 Å². The highest BCUT2D eigenvalue weighted by Crippen LogP contribution is 2.28. The molecule has 9 heteroatoms. The summed E-state index contributed by atoms with van der Waals surface area (Å²) in [6.45, 7) is 4.03. The Balaban J connectivity index is 1.52. The molecule has 2 amide bonds. The summed E-state index contributed by atoms with van der Waals surface area (Å²) in [4.78, 5) is 29.6. The molecule has 0 spiro atoms. The van der Waals surface area contributed by atoms with Gasteiger partial charge in [-0.1, -0.05) is 6.07 Å². The largest absolute Gasteiger partial charge is 0.493 e. The number of methoxy groups -OCH3 is 2. The van der Waals surface area contributed by atoms with Crippen molar-refractivity contribution in [2.24, 2.45) is 0 Å². The first kappa shape index (κ1) is 22.9. The van der Waals surface area contributed by atoms with Gasteiger partial charge in [-0.2, -0.15) is 0 Å². The van der Waals surface area contributed by atoms with Gasteiger partial charge in [0.25, 0.3) is 0 Å². The lowest BCUT2D eigenvalue weighted by atomic mass is 10.0. The van der Waals surface area contributed by atoms with E-state index in [0.29, 0.717) is 17.9 Å². The second-order valence-corrected chi connectivity index (χ2v) is 8.35. The Kier molecular flexibility index (Phi) is 7.37. The molecule has 2 saturated heterocycles. The highest BCUT2D eigenvalue weighted by molar-refractivity contribution is 5.98. The molecule has 3 N–H and O–H groups in total. The van der Waals surface area contributed by atoms with Crippen LogP contribution < -0.4 is 20.1 Å². The van der Waals surface area contributed by atoms with E-state index >= 15 is 0 Å². The van der Waals surface area contributed by atoms with Crippen LogP contribution in [0.3, 0.4) is 0 Å². The van der Waals surface area contributed by atoms with Gasteiger partial charge in [-0.25, -0.2) is 0 Å². The van der Waals surface area contributed by atoms with Gasteiger partial charge in [-0.15, -0.1) is 0 Å². The number of benzene rings is 1. The molecule has 3 rings (SSSR count). The second kappa shape index (κ2) is 10.00. The van der Waals surface area contributed by atoms with Crippen molar-refractivity contribution in [2.45, 2.75) is 50.7 Å². The molecule has 2 aliphatic heterocycles. The minimum atomic E-state index is -0.483. The summed E-state index contributed by atoms with van der Waals surface area (Å²) in [7, 11) is 5.19. The first-order valence-electron chi connectivity index (χ1n) is 10.7. The lowest BCUT2D eigenvalue weighted by Crippen LogP contribution is -2.51. The Bertz CT molecular complexity index is 822. The third-order valence-corrected chi connectivity index (χ3v) is 6.08. The van der Waals surface area contributed by atoms with Crippen LogP contribution in [-0.4, -0.2) is 80.1 Å². The molecule has 2 fully saturated rings. The third kappa shape index (κ3) is 5.46. The Labute approximate surface area is 183 Å². The second-order valence-electron chi connectivity index (χ2n) is 8.35. The van der Waals surface area contributed by atoms with E-state index in [1.807, 2.05) is 4.90 Å². The van der Waals surface area contributed by atoms with Crippen LogP contribution in [0, 0.1) is 5.41 Å². The van der Waals surface area contributed by atoms with Crippen LogP contribution in [0.2, 0.25) is 0 Å². The van der Waals surface area contributed by atoms with Gasteiger partial charge in [-0.05, 0) is 64.0 Å². The molecule has 0 saturated carbocycles. The van der Waals surface area contributed by atoms with Crippen molar-refractivity contribution >= 4 is 17.8 Å². The van der Waals surface area contributed by atoms with Crippen molar-refractivity contribution in [3.8, 4) is 11.5 Å². The summed E-state index contributed by atoms with van der Waals surface area (Å²) in [5.74, 6) is 0.655. The average Bonchev–Trinajstić information content (AvgIpc) is 3.01. The third-order valence-electron chi connectivity index (χ3n) is 6.08. The molecule has 2 heterocycles. The summed E-state index contributed by atoms with van der Waals surface area (Å²) >= 11 is 0. The molecule has 1 aromatic rings. The number of rotatable bonds is 6. The van der Waals surface area contributed by atoms with Crippen LogP contribution in [0.4, 0.5) is 0 Å². The highest BCUT2D eigenvalue weighted by atomic mass is 16.5. The lowest BCUT2D eigenvalue weighted by molar-refractivity contribution is -0.133. The van der Waals surface area contributed by atoms with E-state index in [2.05, 4.69) is 29.5 Å². The maximum atomic E-state index is 13.0. The Morgan fingerprint density at radius 3 is 2.52 bits per heavy atom. The predicted octanol–water partition coefficient (Wildman–Crippen LogP) is 0.970. The monoisotopic (exact) mass is 431 g/mol. The topological polar surface area (TPSA) is 107 Å². The van der Waals surface area contributed by atoms with Gasteiger partial charge < -0.3 is 24.6 Å². The van der Waals surface area contributed by atoms with E-state index < -0.39 is 6.04 Å². The average molecular weight is 432 g/mol. The molecule has 0 radical (unpaired) electrons. The van der Waals surface area contributed by atoms with Crippen LogP contribution in [-0.2, 0) is 16.0 Å². The molecule has 2 atom stereocenters. The number of carbonyl (C=O) groups excluding carboxylic acids is 2. The molecule has 0 aliphatic carbocycles. The maximum Gasteiger partial charge on any atom is 0.245 e.